The summed E-state index contributed by atoms with van der Waals surface area (Å²) in [5.41, 5.74) is 5.81. The predicted octanol–water partition coefficient (Wildman–Crippen LogP) is 4.08. The van der Waals surface area contributed by atoms with Gasteiger partial charge in [0, 0.05) is 24.0 Å². The van der Waals surface area contributed by atoms with Crippen LogP contribution < -0.4 is 5.32 Å². The van der Waals surface area contributed by atoms with E-state index in [0.717, 1.165) is 45.6 Å². The second-order valence-corrected chi connectivity index (χ2v) is 5.98. The molecule has 3 rings (SSSR count). The summed E-state index contributed by atoms with van der Waals surface area (Å²) in [5.74, 6) is 0.00869. The van der Waals surface area contributed by atoms with Crippen LogP contribution in [0.3, 0.4) is 0 Å². The van der Waals surface area contributed by atoms with Crippen molar-refractivity contribution in [3.05, 3.63) is 41.9 Å². The summed E-state index contributed by atoms with van der Waals surface area (Å²) < 4.78 is 2.07. The van der Waals surface area contributed by atoms with Crippen molar-refractivity contribution in [3.63, 3.8) is 0 Å². The lowest BCUT2D eigenvalue weighted by molar-refractivity contribution is -0.115. The Balaban J connectivity index is 2.15. The maximum Gasteiger partial charge on any atom is 0.224 e. The molecule has 1 aromatic carbocycles. The molecule has 0 atom stereocenters. The predicted molar refractivity (Wildman–Crippen MR) is 97.0 cm³/mol. The van der Waals surface area contributed by atoms with Gasteiger partial charge in [-0.2, -0.15) is 0 Å². The number of anilines is 1. The number of fused-ring (bicyclic) bond motifs is 1. The molecule has 2 heterocycles. The molecule has 0 bridgehead atoms. The van der Waals surface area contributed by atoms with Crippen LogP contribution in [-0.2, 0) is 11.3 Å². The van der Waals surface area contributed by atoms with Crippen LogP contribution in [0.15, 0.2) is 30.7 Å². The molecule has 2 aromatic heterocycles. The summed E-state index contributed by atoms with van der Waals surface area (Å²) in [6.45, 7) is 8.87. The van der Waals surface area contributed by atoms with Crippen LogP contribution in [-0.4, -0.2) is 20.4 Å². The summed E-state index contributed by atoms with van der Waals surface area (Å²) in [5, 5.41) is 4.06. The molecule has 24 heavy (non-hydrogen) atoms. The Morgan fingerprint density at radius 2 is 1.96 bits per heavy atom. The molecule has 0 saturated heterocycles. The van der Waals surface area contributed by atoms with E-state index in [2.05, 4.69) is 40.8 Å². The normalized spacial score (nSPS) is 11.0. The lowest BCUT2D eigenvalue weighted by atomic mass is 10.0. The number of nitrogens with one attached hydrogen (secondary N) is 1. The van der Waals surface area contributed by atoms with Crippen molar-refractivity contribution in [2.24, 2.45) is 0 Å². The van der Waals surface area contributed by atoms with Crippen LogP contribution in [0.5, 0.6) is 0 Å². The van der Waals surface area contributed by atoms with Gasteiger partial charge in [-0.25, -0.2) is 9.97 Å². The van der Waals surface area contributed by atoms with Crippen molar-refractivity contribution in [2.45, 2.75) is 40.7 Å². The van der Waals surface area contributed by atoms with E-state index < -0.39 is 0 Å². The number of benzene rings is 1. The summed E-state index contributed by atoms with van der Waals surface area (Å²) >= 11 is 0. The zero-order valence-electron chi connectivity index (χ0n) is 14.6. The first-order chi connectivity index (χ1) is 11.5. The Bertz CT molecular complexity index is 911. The quantitative estimate of drug-likeness (QED) is 0.787. The molecule has 5 nitrogen and oxygen atoms in total. The molecule has 1 amide bonds. The van der Waals surface area contributed by atoms with E-state index in [0.29, 0.717) is 6.42 Å². The highest BCUT2D eigenvalue weighted by molar-refractivity contribution is 5.95. The number of rotatable bonds is 4. The molecule has 0 radical (unpaired) electrons. The van der Waals surface area contributed by atoms with Gasteiger partial charge in [0.25, 0.3) is 0 Å². The van der Waals surface area contributed by atoms with Crippen LogP contribution in [0.1, 0.15) is 31.4 Å². The smallest absolute Gasteiger partial charge is 0.224 e. The first-order valence-corrected chi connectivity index (χ1v) is 8.25. The Hall–Kier alpha value is -2.69. The monoisotopic (exact) mass is 322 g/mol. The van der Waals surface area contributed by atoms with Gasteiger partial charge < -0.3 is 9.88 Å². The average Bonchev–Trinajstić information content (AvgIpc) is 3.04. The molecule has 0 aliphatic carbocycles. The second kappa shape index (κ2) is 6.43. The van der Waals surface area contributed by atoms with Crippen LogP contribution in [0.25, 0.3) is 22.3 Å². The molecule has 0 aliphatic rings. The highest BCUT2D eigenvalue weighted by Gasteiger charge is 2.11. The zero-order valence-corrected chi connectivity index (χ0v) is 14.6. The summed E-state index contributed by atoms with van der Waals surface area (Å²) in [6.07, 6.45) is 4.11. The fourth-order valence-corrected chi connectivity index (χ4v) is 2.84. The van der Waals surface area contributed by atoms with E-state index in [1.165, 1.54) is 0 Å². The minimum Gasteiger partial charge on any atom is -0.330 e. The molecule has 1 N–H and O–H groups in total. The first-order valence-electron chi connectivity index (χ1n) is 8.25. The molecule has 124 valence electrons. The van der Waals surface area contributed by atoms with E-state index >= 15 is 0 Å². The molecule has 0 fully saturated rings. The summed E-state index contributed by atoms with van der Waals surface area (Å²) in [6, 6.07) is 6.14. The van der Waals surface area contributed by atoms with E-state index in [1.54, 1.807) is 0 Å². The van der Waals surface area contributed by atoms with Crippen molar-refractivity contribution in [1.29, 1.82) is 0 Å². The number of hydrogen-bond donors (Lipinski definition) is 1. The molecule has 5 heteroatoms. The van der Waals surface area contributed by atoms with E-state index in [9.17, 15) is 4.79 Å². The number of nitrogens with zero attached hydrogens (tertiary/aromatic N) is 3. The van der Waals surface area contributed by atoms with Crippen molar-refractivity contribution < 1.29 is 4.79 Å². The lowest BCUT2D eigenvalue weighted by Gasteiger charge is -2.12. The molecule has 3 aromatic rings. The maximum absolute atomic E-state index is 11.7. The third-order valence-corrected chi connectivity index (χ3v) is 4.27. The Morgan fingerprint density at radius 3 is 2.67 bits per heavy atom. The molecule has 0 aliphatic heterocycles. The van der Waals surface area contributed by atoms with Crippen LogP contribution in [0, 0.1) is 13.8 Å². The third kappa shape index (κ3) is 2.89. The number of aryl methyl sites for hydroxylation is 3. The number of carbonyl (C=O) groups excluding carboxylic acids is 1. The van der Waals surface area contributed by atoms with Gasteiger partial charge in [-0.1, -0.05) is 6.92 Å². The minimum absolute atomic E-state index is 0.00869. The van der Waals surface area contributed by atoms with Crippen molar-refractivity contribution >= 4 is 22.5 Å². The zero-order chi connectivity index (χ0) is 17.3. The van der Waals surface area contributed by atoms with E-state index in [4.69, 9.17) is 4.98 Å². The molecule has 0 unspecified atom stereocenters. The Kier molecular flexibility index (Phi) is 4.34. The number of carbonyl (C=O) groups is 1. The SMILES string of the molecule is CCC(=O)Nc1cc2nc(-c3cncn3CC)cc(C)c2cc1C. The minimum atomic E-state index is 0.00869. The molecule has 0 spiro atoms. The van der Waals surface area contributed by atoms with Crippen molar-refractivity contribution in [2.75, 3.05) is 5.32 Å². The number of aromatic nitrogens is 3. The number of imidazole rings is 1. The number of pyridine rings is 1. The largest absolute Gasteiger partial charge is 0.330 e. The van der Waals surface area contributed by atoms with Gasteiger partial charge in [-0.05, 0) is 50.1 Å². The molecular weight excluding hydrogens is 300 g/mol. The first kappa shape index (κ1) is 16.2. The van der Waals surface area contributed by atoms with Gasteiger partial charge >= 0.3 is 0 Å². The topological polar surface area (TPSA) is 59.8 Å². The molecular formula is C19H22N4O. The van der Waals surface area contributed by atoms with Crippen LogP contribution >= 0.6 is 0 Å². The fourth-order valence-electron chi connectivity index (χ4n) is 2.84. The Morgan fingerprint density at radius 1 is 1.17 bits per heavy atom. The van der Waals surface area contributed by atoms with Gasteiger partial charge in [0.2, 0.25) is 5.91 Å². The average molecular weight is 322 g/mol. The van der Waals surface area contributed by atoms with Crippen LogP contribution in [0.4, 0.5) is 5.69 Å². The van der Waals surface area contributed by atoms with Gasteiger partial charge in [0.15, 0.2) is 0 Å². The van der Waals surface area contributed by atoms with E-state index in [1.807, 2.05) is 32.4 Å². The number of hydrogen-bond acceptors (Lipinski definition) is 3. The third-order valence-electron chi connectivity index (χ3n) is 4.27. The second-order valence-electron chi connectivity index (χ2n) is 5.98. The van der Waals surface area contributed by atoms with Crippen molar-refractivity contribution in [1.82, 2.24) is 14.5 Å². The van der Waals surface area contributed by atoms with Gasteiger partial charge in [0.05, 0.1) is 29.4 Å². The highest BCUT2D eigenvalue weighted by atomic mass is 16.1. The van der Waals surface area contributed by atoms with Crippen LogP contribution in [0.2, 0.25) is 0 Å². The van der Waals surface area contributed by atoms with Gasteiger partial charge in [-0.15, -0.1) is 0 Å². The molecule has 0 saturated carbocycles. The van der Waals surface area contributed by atoms with E-state index in [-0.39, 0.29) is 5.91 Å². The van der Waals surface area contributed by atoms with Gasteiger partial charge in [-0.3, -0.25) is 4.79 Å². The van der Waals surface area contributed by atoms with Crippen molar-refractivity contribution in [3.8, 4) is 11.4 Å². The lowest BCUT2D eigenvalue weighted by Crippen LogP contribution is -2.10. The fraction of sp³-hybridized carbons (Fsp3) is 0.316. The summed E-state index contributed by atoms with van der Waals surface area (Å²) in [7, 11) is 0. The summed E-state index contributed by atoms with van der Waals surface area (Å²) in [4.78, 5) is 20.8. The van der Waals surface area contributed by atoms with Gasteiger partial charge in [0.1, 0.15) is 0 Å². The maximum atomic E-state index is 11.7. The Labute approximate surface area is 141 Å². The number of amides is 1. The highest BCUT2D eigenvalue weighted by Crippen LogP contribution is 2.28. The standard InChI is InChI=1S/C19H22N4O/c1-5-19(24)22-15-9-16-14(7-13(15)4)12(3)8-17(21-16)18-10-20-11-23(18)6-2/h7-11H,5-6H2,1-4H3,(H,22,24).